The number of amides is 1. The van der Waals surface area contributed by atoms with Gasteiger partial charge >= 0.3 is 0 Å². The Morgan fingerprint density at radius 1 is 1.42 bits per heavy atom. The second-order valence-corrected chi connectivity index (χ2v) is 6.64. The van der Waals surface area contributed by atoms with E-state index in [-0.39, 0.29) is 18.2 Å². The molecule has 0 saturated heterocycles. The Morgan fingerprint density at radius 3 is 2.88 bits per heavy atom. The van der Waals surface area contributed by atoms with Gasteiger partial charge in [0.15, 0.2) is 17.1 Å². The number of para-hydroxylation sites is 1. The van der Waals surface area contributed by atoms with Crippen LogP contribution in [0.25, 0.3) is 11.0 Å². The zero-order valence-corrected chi connectivity index (χ0v) is 14.6. The van der Waals surface area contributed by atoms with Crippen LogP contribution in [-0.4, -0.2) is 24.7 Å². The minimum atomic E-state index is -1.13. The Morgan fingerprint density at radius 2 is 2.21 bits per heavy atom. The predicted molar refractivity (Wildman–Crippen MR) is 93.7 cm³/mol. The first kappa shape index (κ1) is 16.5. The zero-order chi connectivity index (χ0) is 17.3. The van der Waals surface area contributed by atoms with E-state index in [1.54, 1.807) is 20.1 Å². The zero-order valence-electron chi connectivity index (χ0n) is 13.8. The fourth-order valence-corrected chi connectivity index (χ4v) is 3.38. The van der Waals surface area contributed by atoms with Gasteiger partial charge in [-0.2, -0.15) is 11.3 Å². The highest BCUT2D eigenvalue weighted by Crippen LogP contribution is 2.32. The molecule has 1 unspecified atom stereocenters. The van der Waals surface area contributed by atoms with Crippen LogP contribution in [0.15, 0.2) is 39.4 Å². The summed E-state index contributed by atoms with van der Waals surface area (Å²) in [5, 5.41) is 17.8. The molecule has 6 heteroatoms. The van der Waals surface area contributed by atoms with Gasteiger partial charge in [-0.25, -0.2) is 0 Å². The molecular formula is C18H19NO4S. The maximum absolute atomic E-state index is 12.5. The second-order valence-electron chi connectivity index (χ2n) is 5.86. The highest BCUT2D eigenvalue weighted by Gasteiger charge is 2.26. The summed E-state index contributed by atoms with van der Waals surface area (Å²) in [6.45, 7) is 3.59. The number of nitrogens with one attached hydrogen (secondary N) is 1. The molecule has 0 aliphatic carbocycles. The Labute approximate surface area is 143 Å². The lowest BCUT2D eigenvalue weighted by Crippen LogP contribution is -2.38. The van der Waals surface area contributed by atoms with E-state index >= 15 is 0 Å². The van der Waals surface area contributed by atoms with E-state index in [1.807, 2.05) is 35.9 Å². The molecule has 0 spiro atoms. The van der Waals surface area contributed by atoms with Crippen molar-refractivity contribution in [3.63, 3.8) is 0 Å². The number of carbonyl (C=O) groups is 1. The van der Waals surface area contributed by atoms with Crippen LogP contribution in [0.3, 0.4) is 0 Å². The summed E-state index contributed by atoms with van der Waals surface area (Å²) in [6.07, 6.45) is 0. The van der Waals surface area contributed by atoms with E-state index in [9.17, 15) is 9.90 Å². The summed E-state index contributed by atoms with van der Waals surface area (Å²) in [5.74, 6) is 0.455. The molecule has 1 atom stereocenters. The van der Waals surface area contributed by atoms with Gasteiger partial charge in [0.1, 0.15) is 5.60 Å². The van der Waals surface area contributed by atoms with E-state index < -0.39 is 5.60 Å². The van der Waals surface area contributed by atoms with Gasteiger partial charge in [0.2, 0.25) is 0 Å². The van der Waals surface area contributed by atoms with Crippen molar-refractivity contribution in [3.8, 4) is 5.75 Å². The van der Waals surface area contributed by atoms with E-state index in [4.69, 9.17) is 9.15 Å². The van der Waals surface area contributed by atoms with Crippen molar-refractivity contribution >= 4 is 28.2 Å². The van der Waals surface area contributed by atoms with Crippen molar-refractivity contribution in [2.75, 3.05) is 13.7 Å². The van der Waals surface area contributed by atoms with E-state index in [0.717, 1.165) is 16.5 Å². The van der Waals surface area contributed by atoms with E-state index in [2.05, 4.69) is 5.32 Å². The molecule has 0 aliphatic rings. The van der Waals surface area contributed by atoms with Crippen molar-refractivity contribution < 1.29 is 19.1 Å². The Hall–Kier alpha value is -2.31. The highest BCUT2D eigenvalue weighted by molar-refractivity contribution is 7.08. The summed E-state index contributed by atoms with van der Waals surface area (Å²) in [6, 6.07) is 7.37. The summed E-state index contributed by atoms with van der Waals surface area (Å²) in [4.78, 5) is 12.5. The summed E-state index contributed by atoms with van der Waals surface area (Å²) in [5.41, 5.74) is 0.937. The molecule has 126 valence electrons. The molecule has 1 aromatic carbocycles. The second kappa shape index (κ2) is 6.30. The lowest BCUT2D eigenvalue weighted by Gasteiger charge is -2.22. The molecule has 1 amide bonds. The van der Waals surface area contributed by atoms with Gasteiger partial charge in [0.05, 0.1) is 13.7 Å². The molecule has 2 heterocycles. The van der Waals surface area contributed by atoms with Gasteiger partial charge in [0.25, 0.3) is 5.91 Å². The third-order valence-electron chi connectivity index (χ3n) is 4.09. The maximum Gasteiger partial charge on any atom is 0.287 e. The quantitative estimate of drug-likeness (QED) is 0.743. The minimum absolute atomic E-state index is 0.0934. The van der Waals surface area contributed by atoms with Gasteiger partial charge in [-0.1, -0.05) is 12.1 Å². The number of ether oxygens (including phenoxy) is 1. The average molecular weight is 345 g/mol. The van der Waals surface area contributed by atoms with Crippen LogP contribution in [0.5, 0.6) is 5.75 Å². The number of carbonyl (C=O) groups excluding carboxylic acids is 1. The third kappa shape index (κ3) is 2.90. The van der Waals surface area contributed by atoms with Gasteiger partial charge in [-0.3, -0.25) is 4.79 Å². The highest BCUT2D eigenvalue weighted by atomic mass is 32.1. The minimum Gasteiger partial charge on any atom is -0.493 e. The molecule has 3 rings (SSSR count). The van der Waals surface area contributed by atoms with Gasteiger partial charge < -0.3 is 19.6 Å². The molecule has 3 aromatic rings. The van der Waals surface area contributed by atoms with E-state index in [0.29, 0.717) is 11.3 Å². The van der Waals surface area contributed by atoms with Crippen LogP contribution in [0.1, 0.15) is 28.6 Å². The summed E-state index contributed by atoms with van der Waals surface area (Å²) < 4.78 is 11.0. The fourth-order valence-electron chi connectivity index (χ4n) is 2.60. The number of thiophene rings is 1. The van der Waals surface area contributed by atoms with Crippen LogP contribution >= 0.6 is 11.3 Å². The molecule has 0 aliphatic heterocycles. The van der Waals surface area contributed by atoms with Crippen LogP contribution in [-0.2, 0) is 5.60 Å². The molecule has 0 fully saturated rings. The molecule has 2 aromatic heterocycles. The average Bonchev–Trinajstić information content (AvgIpc) is 3.22. The van der Waals surface area contributed by atoms with Crippen molar-refractivity contribution in [1.82, 2.24) is 5.32 Å². The molecule has 24 heavy (non-hydrogen) atoms. The van der Waals surface area contributed by atoms with Crippen molar-refractivity contribution in [1.29, 1.82) is 0 Å². The Bertz CT molecular complexity index is 865. The molecule has 0 saturated carbocycles. The fraction of sp³-hybridized carbons (Fsp3) is 0.278. The smallest absolute Gasteiger partial charge is 0.287 e. The number of aliphatic hydroxyl groups is 1. The van der Waals surface area contributed by atoms with Crippen molar-refractivity contribution in [2.45, 2.75) is 19.4 Å². The number of furan rings is 1. The van der Waals surface area contributed by atoms with E-state index in [1.165, 1.54) is 11.3 Å². The third-order valence-corrected chi connectivity index (χ3v) is 4.77. The van der Waals surface area contributed by atoms with Crippen LogP contribution in [0, 0.1) is 6.92 Å². The van der Waals surface area contributed by atoms with Crippen LogP contribution < -0.4 is 10.1 Å². The molecule has 0 bridgehead atoms. The SMILES string of the molecule is COc1cccc2c(C)c(C(=O)NCC(C)(O)c3ccsc3)oc12. The predicted octanol–water partition coefficient (Wildman–Crippen LogP) is 3.45. The topological polar surface area (TPSA) is 71.7 Å². The number of rotatable bonds is 5. The largest absolute Gasteiger partial charge is 0.493 e. The monoisotopic (exact) mass is 345 g/mol. The molecule has 0 radical (unpaired) electrons. The standard InChI is InChI=1S/C18H19NO4S/c1-11-13-5-4-6-14(22-3)16(13)23-15(11)17(20)19-10-18(2,21)12-7-8-24-9-12/h4-9,21H,10H2,1-3H3,(H,19,20). The number of aryl methyl sites for hydroxylation is 1. The normalized spacial score (nSPS) is 13.7. The number of fused-ring (bicyclic) bond motifs is 1. The Kier molecular flexibility index (Phi) is 4.34. The van der Waals surface area contributed by atoms with Crippen LogP contribution in [0.2, 0.25) is 0 Å². The van der Waals surface area contributed by atoms with Gasteiger partial charge in [0, 0.05) is 10.9 Å². The molecule has 2 N–H and O–H groups in total. The summed E-state index contributed by atoms with van der Waals surface area (Å²) in [7, 11) is 1.56. The first-order chi connectivity index (χ1) is 11.4. The number of methoxy groups -OCH3 is 1. The lowest BCUT2D eigenvalue weighted by atomic mass is 9.99. The molecular weight excluding hydrogens is 326 g/mol. The lowest BCUT2D eigenvalue weighted by molar-refractivity contribution is 0.0522. The summed E-state index contributed by atoms with van der Waals surface area (Å²) >= 11 is 1.50. The maximum atomic E-state index is 12.5. The van der Waals surface area contributed by atoms with Gasteiger partial charge in [-0.15, -0.1) is 0 Å². The first-order valence-corrected chi connectivity index (χ1v) is 8.47. The first-order valence-electron chi connectivity index (χ1n) is 7.53. The molecule has 5 nitrogen and oxygen atoms in total. The number of hydrogen-bond donors (Lipinski definition) is 2. The van der Waals surface area contributed by atoms with Crippen LogP contribution in [0.4, 0.5) is 0 Å². The van der Waals surface area contributed by atoms with Crippen molar-refractivity contribution in [3.05, 3.63) is 51.9 Å². The number of benzene rings is 1. The Balaban J connectivity index is 1.83. The van der Waals surface area contributed by atoms with Gasteiger partial charge in [-0.05, 0) is 42.3 Å². The van der Waals surface area contributed by atoms with Crippen molar-refractivity contribution in [2.24, 2.45) is 0 Å². The number of hydrogen-bond acceptors (Lipinski definition) is 5.